The maximum absolute atomic E-state index is 8.89. The largest absolute Gasteiger partial charge is 0.496 e. The monoisotopic (exact) mass is 247 g/mol. The van der Waals surface area contributed by atoms with E-state index in [1.54, 1.807) is 18.7 Å². The van der Waals surface area contributed by atoms with Crippen LogP contribution in [0.15, 0.2) is 24.3 Å². The average molecular weight is 248 g/mol. The molecule has 0 bridgehead atoms. The summed E-state index contributed by atoms with van der Waals surface area (Å²) in [5, 5.41) is 9.22. The molecule has 0 aliphatic heterocycles. The van der Waals surface area contributed by atoms with Gasteiger partial charge in [-0.15, -0.1) is 0 Å². The summed E-state index contributed by atoms with van der Waals surface area (Å²) >= 11 is 6.00. The first-order valence-corrected chi connectivity index (χ1v) is 5.32. The standard InChI is InChI=1S/C12H10ClN3O/c1-16-11(13)9(7-14)15-12(16)8-5-3-4-6-10(8)17-2/h3-6H,1-2H3. The zero-order chi connectivity index (χ0) is 12.4. The second-order valence-electron chi connectivity index (χ2n) is 3.45. The highest BCUT2D eigenvalue weighted by atomic mass is 35.5. The normalized spacial score (nSPS) is 10.0. The van der Waals surface area contributed by atoms with E-state index in [9.17, 15) is 0 Å². The molecule has 0 spiro atoms. The first-order chi connectivity index (χ1) is 8.19. The number of para-hydroxylation sites is 1. The molecule has 0 saturated carbocycles. The summed E-state index contributed by atoms with van der Waals surface area (Å²) in [7, 11) is 3.35. The van der Waals surface area contributed by atoms with Crippen molar-refractivity contribution in [2.24, 2.45) is 7.05 Å². The van der Waals surface area contributed by atoms with Crippen molar-refractivity contribution in [2.75, 3.05) is 7.11 Å². The molecule has 86 valence electrons. The van der Waals surface area contributed by atoms with Crippen molar-refractivity contribution >= 4 is 11.6 Å². The van der Waals surface area contributed by atoms with Crippen molar-refractivity contribution < 1.29 is 4.74 Å². The van der Waals surface area contributed by atoms with Crippen LogP contribution < -0.4 is 4.74 Å². The van der Waals surface area contributed by atoms with Crippen molar-refractivity contribution in [3.8, 4) is 23.2 Å². The van der Waals surface area contributed by atoms with Gasteiger partial charge in [0.1, 0.15) is 22.8 Å². The zero-order valence-corrected chi connectivity index (χ0v) is 10.2. The topological polar surface area (TPSA) is 50.8 Å². The van der Waals surface area contributed by atoms with E-state index in [1.807, 2.05) is 30.3 Å². The summed E-state index contributed by atoms with van der Waals surface area (Å²) in [4.78, 5) is 4.20. The van der Waals surface area contributed by atoms with E-state index in [4.69, 9.17) is 21.6 Å². The number of benzene rings is 1. The molecule has 0 saturated heterocycles. The van der Waals surface area contributed by atoms with E-state index in [0.717, 1.165) is 5.56 Å². The van der Waals surface area contributed by atoms with Gasteiger partial charge in [0, 0.05) is 7.05 Å². The number of methoxy groups -OCH3 is 1. The quantitative estimate of drug-likeness (QED) is 0.820. The summed E-state index contributed by atoms with van der Waals surface area (Å²) in [6.45, 7) is 0. The van der Waals surface area contributed by atoms with E-state index in [-0.39, 0.29) is 5.69 Å². The third-order valence-electron chi connectivity index (χ3n) is 2.48. The van der Waals surface area contributed by atoms with Gasteiger partial charge < -0.3 is 9.30 Å². The van der Waals surface area contributed by atoms with Crippen molar-refractivity contribution in [3.63, 3.8) is 0 Å². The first kappa shape index (κ1) is 11.5. The van der Waals surface area contributed by atoms with Crippen LogP contribution in [-0.2, 0) is 7.05 Å². The van der Waals surface area contributed by atoms with Crippen LogP contribution in [0, 0.1) is 11.3 Å². The van der Waals surface area contributed by atoms with Gasteiger partial charge in [0.05, 0.1) is 12.7 Å². The van der Waals surface area contributed by atoms with E-state index in [2.05, 4.69) is 4.98 Å². The molecule has 0 aliphatic rings. The molecule has 1 aromatic heterocycles. The molecule has 2 rings (SSSR count). The Hall–Kier alpha value is -1.99. The van der Waals surface area contributed by atoms with E-state index in [0.29, 0.717) is 16.7 Å². The van der Waals surface area contributed by atoms with Crippen molar-refractivity contribution in [3.05, 3.63) is 35.1 Å². The molecule has 0 fully saturated rings. The molecule has 17 heavy (non-hydrogen) atoms. The lowest BCUT2D eigenvalue weighted by Gasteiger charge is -2.07. The number of nitriles is 1. The summed E-state index contributed by atoms with van der Waals surface area (Å²) in [6, 6.07) is 9.42. The molecule has 0 amide bonds. The van der Waals surface area contributed by atoms with Crippen LogP contribution in [0.3, 0.4) is 0 Å². The molecule has 0 atom stereocenters. The molecule has 1 heterocycles. The van der Waals surface area contributed by atoms with Crippen LogP contribution >= 0.6 is 11.6 Å². The minimum atomic E-state index is 0.218. The number of hydrogen-bond acceptors (Lipinski definition) is 3. The summed E-state index contributed by atoms with van der Waals surface area (Å²) in [6.07, 6.45) is 0. The summed E-state index contributed by atoms with van der Waals surface area (Å²) < 4.78 is 6.92. The number of nitrogens with zero attached hydrogens (tertiary/aromatic N) is 3. The van der Waals surface area contributed by atoms with Crippen molar-refractivity contribution in [1.82, 2.24) is 9.55 Å². The third-order valence-corrected chi connectivity index (χ3v) is 2.91. The Bertz CT molecular complexity index is 598. The number of ether oxygens (including phenoxy) is 1. The maximum atomic E-state index is 8.89. The minimum absolute atomic E-state index is 0.218. The lowest BCUT2D eigenvalue weighted by molar-refractivity contribution is 0.416. The Kier molecular flexibility index (Phi) is 3.03. The van der Waals surface area contributed by atoms with Gasteiger partial charge in [0.15, 0.2) is 5.69 Å². The molecular weight excluding hydrogens is 238 g/mol. The highest BCUT2D eigenvalue weighted by molar-refractivity contribution is 6.30. The predicted octanol–water partition coefficient (Wildman–Crippen LogP) is 2.62. The Balaban J connectivity index is 2.65. The van der Waals surface area contributed by atoms with Gasteiger partial charge >= 0.3 is 0 Å². The van der Waals surface area contributed by atoms with Gasteiger partial charge in [0.25, 0.3) is 0 Å². The summed E-state index contributed by atoms with van der Waals surface area (Å²) in [5.74, 6) is 1.31. The molecule has 1 aromatic carbocycles. The van der Waals surface area contributed by atoms with E-state index < -0.39 is 0 Å². The Morgan fingerprint density at radius 3 is 2.71 bits per heavy atom. The SMILES string of the molecule is COc1ccccc1-c1nc(C#N)c(Cl)n1C. The molecule has 5 heteroatoms. The van der Waals surface area contributed by atoms with Crippen LogP contribution in [0.4, 0.5) is 0 Å². The van der Waals surface area contributed by atoms with Crippen LogP contribution in [0.1, 0.15) is 5.69 Å². The van der Waals surface area contributed by atoms with Gasteiger partial charge in [0.2, 0.25) is 0 Å². The first-order valence-electron chi connectivity index (χ1n) is 4.94. The fourth-order valence-corrected chi connectivity index (χ4v) is 1.78. The Morgan fingerprint density at radius 2 is 2.12 bits per heavy atom. The zero-order valence-electron chi connectivity index (χ0n) is 9.44. The highest BCUT2D eigenvalue weighted by Gasteiger charge is 2.16. The van der Waals surface area contributed by atoms with Crippen LogP contribution in [0.5, 0.6) is 5.75 Å². The lowest BCUT2D eigenvalue weighted by atomic mass is 10.2. The van der Waals surface area contributed by atoms with Crippen LogP contribution in [0.2, 0.25) is 5.15 Å². The Morgan fingerprint density at radius 1 is 1.41 bits per heavy atom. The third kappa shape index (κ3) is 1.85. The maximum Gasteiger partial charge on any atom is 0.178 e. The molecular formula is C12H10ClN3O. The molecule has 0 N–H and O–H groups in total. The predicted molar refractivity (Wildman–Crippen MR) is 64.9 cm³/mol. The van der Waals surface area contributed by atoms with Gasteiger partial charge in [-0.25, -0.2) is 4.98 Å². The second kappa shape index (κ2) is 4.48. The van der Waals surface area contributed by atoms with Gasteiger partial charge in [-0.3, -0.25) is 0 Å². The fourth-order valence-electron chi connectivity index (χ4n) is 1.62. The number of halogens is 1. The fraction of sp³-hybridized carbons (Fsp3) is 0.167. The number of rotatable bonds is 2. The van der Waals surface area contributed by atoms with Crippen molar-refractivity contribution in [2.45, 2.75) is 0 Å². The second-order valence-corrected chi connectivity index (χ2v) is 3.80. The average Bonchev–Trinajstić information content (AvgIpc) is 2.66. The number of hydrogen-bond donors (Lipinski definition) is 0. The van der Waals surface area contributed by atoms with E-state index >= 15 is 0 Å². The van der Waals surface area contributed by atoms with Gasteiger partial charge in [-0.2, -0.15) is 5.26 Å². The Labute approximate surface area is 104 Å². The smallest absolute Gasteiger partial charge is 0.178 e. The van der Waals surface area contributed by atoms with Crippen LogP contribution in [0.25, 0.3) is 11.4 Å². The molecule has 0 aliphatic carbocycles. The molecule has 4 nitrogen and oxygen atoms in total. The van der Waals surface area contributed by atoms with Crippen molar-refractivity contribution in [1.29, 1.82) is 5.26 Å². The van der Waals surface area contributed by atoms with E-state index in [1.165, 1.54) is 0 Å². The van der Waals surface area contributed by atoms with Gasteiger partial charge in [-0.05, 0) is 12.1 Å². The number of aromatic nitrogens is 2. The lowest BCUT2D eigenvalue weighted by Crippen LogP contribution is -1.95. The molecule has 0 unspecified atom stereocenters. The summed E-state index contributed by atoms with van der Waals surface area (Å²) in [5.41, 5.74) is 1.02. The highest BCUT2D eigenvalue weighted by Crippen LogP contribution is 2.31. The minimum Gasteiger partial charge on any atom is -0.496 e. The van der Waals surface area contributed by atoms with Crippen LogP contribution in [-0.4, -0.2) is 16.7 Å². The molecule has 0 radical (unpaired) electrons. The molecule has 2 aromatic rings. The van der Waals surface area contributed by atoms with Gasteiger partial charge in [-0.1, -0.05) is 23.7 Å². The number of imidazole rings is 1.